The van der Waals surface area contributed by atoms with Crippen LogP contribution in [0.3, 0.4) is 0 Å². The number of hydrogen-bond donors (Lipinski definition) is 4. The number of carbonyl (C=O) groups is 3. The average molecular weight is 1450 g/mol. The van der Waals surface area contributed by atoms with Gasteiger partial charge in [0.15, 0.2) is 11.6 Å². The number of hydrogen-bond acceptors (Lipinski definition) is 19. The van der Waals surface area contributed by atoms with Crippen LogP contribution >= 0.6 is 11.6 Å². The normalized spacial score (nSPS) is 12.1. The van der Waals surface area contributed by atoms with Crippen LogP contribution in [-0.4, -0.2) is 66.5 Å². The fourth-order valence-electron chi connectivity index (χ4n) is 7.91. The number of oxime groups is 2. The summed E-state index contributed by atoms with van der Waals surface area (Å²) in [6.07, 6.45) is -19.5. The number of alkyl halides is 15. The summed E-state index contributed by atoms with van der Waals surface area (Å²) in [5.74, 6) is -1.31. The summed E-state index contributed by atoms with van der Waals surface area (Å²) in [4.78, 5) is 45.5. The largest absolute Gasteiger partial charge is 0.466 e. The van der Waals surface area contributed by atoms with E-state index in [2.05, 4.69) is 60.5 Å². The Kier molecular flexibility index (Phi) is 26.2. The highest BCUT2D eigenvalue weighted by molar-refractivity contribution is 6.29. The van der Waals surface area contributed by atoms with Crippen LogP contribution in [-0.2, 0) is 50.0 Å². The quantitative estimate of drug-likeness (QED) is 0.00960. The summed E-state index contributed by atoms with van der Waals surface area (Å²) in [6.45, 7) is 1.75. The second-order valence-electron chi connectivity index (χ2n) is 19.8. The maximum absolute atomic E-state index is 12.6. The van der Waals surface area contributed by atoms with Gasteiger partial charge in [0.25, 0.3) is 0 Å². The predicted molar refractivity (Wildman–Crippen MR) is 331 cm³/mol. The predicted octanol–water partition coefficient (Wildman–Crippen LogP) is 17.8. The fraction of sp³-hybridized carbons (Fsp3) is 0.154. The number of nitrogens with one attached hydrogen (secondary N) is 2. The fourth-order valence-corrected chi connectivity index (χ4v) is 8.05. The van der Waals surface area contributed by atoms with Crippen molar-refractivity contribution in [3.63, 3.8) is 0 Å². The number of amidine groups is 1. The van der Waals surface area contributed by atoms with Crippen molar-refractivity contribution in [1.29, 1.82) is 5.26 Å². The van der Waals surface area contributed by atoms with Crippen molar-refractivity contribution in [1.82, 2.24) is 25.4 Å². The summed E-state index contributed by atoms with van der Waals surface area (Å²) in [5, 5.41) is 40.7. The Morgan fingerprint density at radius 3 is 1.29 bits per heavy atom. The molecule has 0 spiro atoms. The van der Waals surface area contributed by atoms with Gasteiger partial charge in [-0.2, -0.15) is 71.1 Å². The van der Waals surface area contributed by atoms with E-state index in [0.29, 0.717) is 68.0 Å². The number of aromatic nitrogens is 5. The van der Waals surface area contributed by atoms with Crippen molar-refractivity contribution in [2.45, 2.75) is 58.1 Å². The Labute approximate surface area is 564 Å². The Morgan fingerprint density at radius 2 is 0.960 bits per heavy atom. The lowest BCUT2D eigenvalue weighted by Crippen LogP contribution is -2.14. The van der Waals surface area contributed by atoms with Crippen molar-refractivity contribution >= 4 is 64.0 Å². The van der Waals surface area contributed by atoms with E-state index in [1.165, 1.54) is 79.1 Å². The second kappa shape index (κ2) is 33.9. The molecule has 1 aliphatic heterocycles. The molecule has 20 nitrogen and oxygen atoms in total. The number of halogens is 16. The van der Waals surface area contributed by atoms with Crippen LogP contribution in [0.2, 0.25) is 5.22 Å². The minimum atomic E-state index is -4.44. The molecule has 0 saturated heterocycles. The van der Waals surface area contributed by atoms with Gasteiger partial charge in [-0.3, -0.25) is 14.6 Å². The number of rotatable bonds is 13. The molecule has 0 atom stereocenters. The SMILES string of the molecule is C.CCOC(=O)CC(=O)c1ccc(C(F)(F)F)cc1.FC(F)(F)c1ccc(-c2cc(Cl)on2)cc1.N#Cc1ccc(Nc2cc(-c3ccc(C(F)(F)F)cc3)no2)cn1.N/C(=N\O)c1ccc(Nc2cc(-c3ccc(C(F)(F)F)cc3)no2)cn1.O=C1CC(c2ccc(C(F)(F)F)cc2)=NO1. The number of nitrogens with two attached hydrogens (primary N) is 1. The highest BCUT2D eigenvalue weighted by Crippen LogP contribution is 2.36. The molecular formula is C65H47ClF15N11O9. The summed E-state index contributed by atoms with van der Waals surface area (Å²) < 4.78 is 205. The van der Waals surface area contributed by atoms with E-state index in [4.69, 9.17) is 36.8 Å². The van der Waals surface area contributed by atoms with Crippen molar-refractivity contribution < 1.29 is 109 Å². The first-order valence-corrected chi connectivity index (χ1v) is 28.2. The van der Waals surface area contributed by atoms with Crippen LogP contribution in [0.1, 0.15) is 82.3 Å². The van der Waals surface area contributed by atoms with Crippen LogP contribution in [0.4, 0.5) is 89.0 Å². The van der Waals surface area contributed by atoms with Gasteiger partial charge in [-0.1, -0.05) is 93.9 Å². The lowest BCUT2D eigenvalue weighted by Gasteiger charge is -2.07. The molecule has 10 aromatic rings. The third-order valence-electron chi connectivity index (χ3n) is 12.8. The van der Waals surface area contributed by atoms with E-state index in [0.717, 1.165) is 72.8 Å². The van der Waals surface area contributed by atoms with Gasteiger partial charge in [0.2, 0.25) is 17.0 Å². The van der Waals surface area contributed by atoms with Crippen LogP contribution in [0, 0.1) is 11.3 Å². The topological polar surface area (TPSA) is 292 Å². The third kappa shape index (κ3) is 23.3. The van der Waals surface area contributed by atoms with Gasteiger partial charge in [0.1, 0.15) is 41.0 Å². The molecule has 0 aliphatic carbocycles. The smallest absolute Gasteiger partial charge is 0.416 e. The number of nitriles is 1. The van der Waals surface area contributed by atoms with Crippen molar-refractivity contribution in [3.05, 3.63) is 232 Å². The number of pyridine rings is 2. The van der Waals surface area contributed by atoms with Crippen LogP contribution in [0.25, 0.3) is 33.8 Å². The van der Waals surface area contributed by atoms with Crippen LogP contribution in [0.15, 0.2) is 200 Å². The van der Waals surface area contributed by atoms with E-state index in [1.807, 2.05) is 6.07 Å². The first kappa shape index (κ1) is 77.9. The average Bonchev–Trinajstić information content (AvgIpc) is 1.76. The molecule has 0 bridgehead atoms. The van der Waals surface area contributed by atoms with E-state index in [9.17, 15) is 80.2 Å². The highest BCUT2D eigenvalue weighted by atomic mass is 35.5. The van der Waals surface area contributed by atoms with Gasteiger partial charge >= 0.3 is 42.8 Å². The summed E-state index contributed by atoms with van der Waals surface area (Å²) in [7, 11) is 0. The first-order chi connectivity index (χ1) is 47.1. The minimum Gasteiger partial charge on any atom is -0.466 e. The number of esters is 1. The maximum Gasteiger partial charge on any atom is 0.416 e. The highest BCUT2D eigenvalue weighted by Gasteiger charge is 2.34. The van der Waals surface area contributed by atoms with Gasteiger partial charge in [0.05, 0.1) is 70.3 Å². The van der Waals surface area contributed by atoms with Gasteiger partial charge in [-0.15, -0.1) is 0 Å². The summed E-state index contributed by atoms with van der Waals surface area (Å²) >= 11 is 5.50. The van der Waals surface area contributed by atoms with E-state index in [1.54, 1.807) is 31.2 Å². The number of carbonyl (C=O) groups excluding carboxylic acids is 3. The Hall–Kier alpha value is -12.1. The molecule has 0 unspecified atom stereocenters. The van der Waals surface area contributed by atoms with Crippen LogP contribution in [0.5, 0.6) is 0 Å². The van der Waals surface area contributed by atoms with Gasteiger partial charge in [-0.25, -0.2) is 9.78 Å². The first-order valence-electron chi connectivity index (χ1n) is 27.8. The molecule has 11 rings (SSSR count). The summed E-state index contributed by atoms with van der Waals surface area (Å²) in [5.41, 5.74) is 6.92. The number of ether oxygens (including phenoxy) is 1. The minimum absolute atomic E-state index is 0. The van der Waals surface area contributed by atoms with E-state index in [-0.39, 0.29) is 48.7 Å². The third-order valence-corrected chi connectivity index (χ3v) is 13.0. The lowest BCUT2D eigenvalue weighted by atomic mass is 10.1. The van der Waals surface area contributed by atoms with Gasteiger partial charge in [0, 0.05) is 40.5 Å². The van der Waals surface area contributed by atoms with Crippen molar-refractivity contribution in [2.75, 3.05) is 17.2 Å². The van der Waals surface area contributed by atoms with Crippen LogP contribution < -0.4 is 16.4 Å². The molecular weight excluding hydrogens is 1400 g/mol. The maximum atomic E-state index is 12.6. The van der Waals surface area contributed by atoms with Gasteiger partial charge in [-0.05, 0) is 109 Å². The van der Waals surface area contributed by atoms with E-state index < -0.39 is 82.8 Å². The molecule has 0 radical (unpaired) electrons. The second-order valence-corrected chi connectivity index (χ2v) is 20.2. The summed E-state index contributed by atoms with van der Waals surface area (Å²) in [6, 6.07) is 34.7. The molecule has 36 heteroatoms. The molecule has 0 amide bonds. The zero-order valence-electron chi connectivity index (χ0n) is 50.3. The number of anilines is 4. The zero-order valence-corrected chi connectivity index (χ0v) is 51.0. The van der Waals surface area contributed by atoms with Gasteiger partial charge < -0.3 is 44.7 Å². The molecule has 101 heavy (non-hydrogen) atoms. The molecule has 5 aromatic carbocycles. The monoisotopic (exact) mass is 1450 g/mol. The van der Waals surface area contributed by atoms with E-state index >= 15 is 0 Å². The Morgan fingerprint density at radius 1 is 0.574 bits per heavy atom. The Balaban J connectivity index is 0.000000201. The Bertz CT molecular complexity index is 4480. The lowest BCUT2D eigenvalue weighted by molar-refractivity contribution is -0.142. The molecule has 5 aromatic heterocycles. The zero-order chi connectivity index (χ0) is 73.2. The number of Topliss-reactive ketones (excluding diaryl/α,β-unsaturated/α-hetero) is 1. The van der Waals surface area contributed by atoms with Crippen molar-refractivity contribution in [3.8, 4) is 39.8 Å². The van der Waals surface area contributed by atoms with Crippen molar-refractivity contribution in [2.24, 2.45) is 16.0 Å². The number of nitrogens with zero attached hydrogens (tertiary/aromatic N) is 8. The molecule has 528 valence electrons. The molecule has 1 aliphatic rings. The number of benzene rings is 5. The number of ketones is 1. The molecule has 6 heterocycles. The molecule has 0 saturated carbocycles. The molecule has 0 fully saturated rings. The standard InChI is InChI=1S/C16H12F3N5O2.C16H9F3N4O.C12H11F3O3.C10H5ClF3NO.C10H6F3NO2.CH4/c17-16(18,19)10-3-1-9(2-4-10)13-7-14(26-24-13)22-11-5-6-12(21-8-11)15(20)23-25;17-16(18,19)11-3-1-10(2-4-11)14-7-15(24-23-14)22-13-6-5-12(8-20)21-9-13;1-2-18-11(17)7-10(16)8-3-5-9(6-4-8)12(13,14)15;11-9-5-8(15-16-9)6-1-3-7(4-2-6)10(12,13)14;11-10(12,13)7-3-1-6(2-4-7)8-5-9(15)16-14-8;/h1-8,22,25H,(H2,20,23);1-7,9,22H;3-6H,2,7H2,1H3;1-5H;1-4H,5H2;1H4. The molecule has 5 N–H and O–H groups in total.